The predicted octanol–water partition coefficient (Wildman–Crippen LogP) is 3.60. The van der Waals surface area contributed by atoms with E-state index in [0.29, 0.717) is 0 Å². The van der Waals surface area contributed by atoms with E-state index >= 15 is 0 Å². The predicted molar refractivity (Wildman–Crippen MR) is 85.3 cm³/mol. The molecule has 0 aliphatic rings. The molecule has 148 valence electrons. The summed E-state index contributed by atoms with van der Waals surface area (Å²) < 4.78 is 45.7. The first-order valence-electron chi connectivity index (χ1n) is 8.04. The van der Waals surface area contributed by atoms with Gasteiger partial charge in [0, 0.05) is 13.2 Å². The number of aliphatic carboxylic acids is 1. The van der Waals surface area contributed by atoms with Gasteiger partial charge in [-0.2, -0.15) is 13.2 Å². The molecule has 0 aromatic carbocycles. The van der Waals surface area contributed by atoms with Gasteiger partial charge in [-0.3, -0.25) is 4.79 Å². The zero-order valence-corrected chi connectivity index (χ0v) is 15.3. The van der Waals surface area contributed by atoms with Crippen LogP contribution in [0.4, 0.5) is 18.0 Å². The van der Waals surface area contributed by atoms with Gasteiger partial charge in [0.25, 0.3) is 0 Å². The Bertz CT molecular complexity index is 446. The number of nitrogens with one attached hydrogen (secondary N) is 1. The molecule has 6 nitrogen and oxygen atoms in total. The third-order valence-electron chi connectivity index (χ3n) is 3.66. The van der Waals surface area contributed by atoms with Gasteiger partial charge in [-0.05, 0) is 39.5 Å². The van der Waals surface area contributed by atoms with Crippen LogP contribution in [-0.2, 0) is 14.3 Å². The van der Waals surface area contributed by atoms with Gasteiger partial charge in [0.1, 0.15) is 12.2 Å². The highest BCUT2D eigenvalue weighted by atomic mass is 19.4. The first-order valence-corrected chi connectivity index (χ1v) is 8.04. The largest absolute Gasteiger partial charge is 0.481 e. The summed E-state index contributed by atoms with van der Waals surface area (Å²) in [7, 11) is 0. The van der Waals surface area contributed by atoms with Crippen LogP contribution in [0, 0.1) is 11.3 Å². The van der Waals surface area contributed by atoms with Crippen LogP contribution >= 0.6 is 0 Å². The van der Waals surface area contributed by atoms with Gasteiger partial charge in [-0.15, -0.1) is 0 Å². The smallest absolute Gasteiger partial charge is 0.411 e. The van der Waals surface area contributed by atoms with E-state index in [0.717, 1.165) is 0 Å². The molecule has 0 spiro atoms. The van der Waals surface area contributed by atoms with E-state index in [9.17, 15) is 27.9 Å². The lowest BCUT2D eigenvalue weighted by Gasteiger charge is -2.34. The SMILES string of the molecule is CC(C)C(CCCOCC(F)(F)F)(CNC(=O)OC(C)(C)C)C(=O)O. The number of halogens is 3. The molecule has 2 N–H and O–H groups in total. The number of carboxylic acids is 1. The van der Waals surface area contributed by atoms with Crippen LogP contribution in [0.1, 0.15) is 47.5 Å². The van der Waals surface area contributed by atoms with Gasteiger partial charge in [0.05, 0.1) is 5.41 Å². The lowest BCUT2D eigenvalue weighted by molar-refractivity contribution is -0.175. The number of alkyl halides is 3. The number of rotatable bonds is 9. The van der Waals surface area contributed by atoms with E-state index in [1.54, 1.807) is 34.6 Å². The lowest BCUT2D eigenvalue weighted by Crippen LogP contribution is -2.47. The van der Waals surface area contributed by atoms with Crippen molar-refractivity contribution in [3.63, 3.8) is 0 Å². The second-order valence-corrected chi connectivity index (χ2v) is 7.24. The van der Waals surface area contributed by atoms with E-state index in [1.807, 2.05) is 0 Å². The monoisotopic (exact) mass is 371 g/mol. The average Bonchev–Trinajstić information content (AvgIpc) is 2.37. The van der Waals surface area contributed by atoms with Crippen LogP contribution < -0.4 is 5.32 Å². The minimum Gasteiger partial charge on any atom is -0.481 e. The molecule has 0 bridgehead atoms. The van der Waals surface area contributed by atoms with Crippen molar-refractivity contribution in [3.05, 3.63) is 0 Å². The Hall–Kier alpha value is -1.51. The molecule has 0 aromatic heterocycles. The Morgan fingerprint density at radius 2 is 1.72 bits per heavy atom. The molecule has 0 saturated heterocycles. The van der Waals surface area contributed by atoms with Crippen molar-refractivity contribution >= 4 is 12.1 Å². The summed E-state index contributed by atoms with van der Waals surface area (Å²) in [6.07, 6.45) is -4.98. The summed E-state index contributed by atoms with van der Waals surface area (Å²) >= 11 is 0. The summed E-state index contributed by atoms with van der Waals surface area (Å²) in [5.41, 5.74) is -2.04. The Kier molecular flexibility index (Phi) is 8.70. The van der Waals surface area contributed by atoms with E-state index in [2.05, 4.69) is 10.1 Å². The third-order valence-corrected chi connectivity index (χ3v) is 3.66. The average molecular weight is 371 g/mol. The minimum atomic E-state index is -4.42. The Balaban J connectivity index is 4.74. The van der Waals surface area contributed by atoms with Gasteiger partial charge in [0.2, 0.25) is 0 Å². The number of alkyl carbamates (subject to hydrolysis) is 1. The maximum absolute atomic E-state index is 12.0. The molecule has 25 heavy (non-hydrogen) atoms. The maximum Gasteiger partial charge on any atom is 0.411 e. The third kappa shape index (κ3) is 9.52. The zero-order valence-electron chi connectivity index (χ0n) is 15.3. The summed E-state index contributed by atoms with van der Waals surface area (Å²) in [4.78, 5) is 23.5. The number of carboxylic acid groups (broad SMARTS) is 1. The number of carbonyl (C=O) groups excluding carboxylic acids is 1. The topological polar surface area (TPSA) is 84.9 Å². The molecule has 0 fully saturated rings. The van der Waals surface area contributed by atoms with Crippen LogP contribution in [0.5, 0.6) is 0 Å². The fourth-order valence-corrected chi connectivity index (χ4v) is 2.23. The second kappa shape index (κ2) is 9.26. The van der Waals surface area contributed by atoms with Crippen LogP contribution in [0.2, 0.25) is 0 Å². The Morgan fingerprint density at radius 1 is 1.16 bits per heavy atom. The van der Waals surface area contributed by atoms with Gasteiger partial charge >= 0.3 is 18.2 Å². The number of ether oxygens (including phenoxy) is 2. The summed E-state index contributed by atoms with van der Waals surface area (Å²) in [6.45, 7) is 6.63. The first kappa shape index (κ1) is 23.5. The molecule has 1 atom stereocenters. The maximum atomic E-state index is 12.0. The van der Waals surface area contributed by atoms with Crippen LogP contribution in [0.3, 0.4) is 0 Å². The van der Waals surface area contributed by atoms with Gasteiger partial charge in [-0.25, -0.2) is 4.79 Å². The highest BCUT2D eigenvalue weighted by Crippen LogP contribution is 2.33. The molecule has 0 aromatic rings. The van der Waals surface area contributed by atoms with Crippen molar-refractivity contribution in [2.45, 2.75) is 59.2 Å². The highest BCUT2D eigenvalue weighted by molar-refractivity contribution is 5.76. The molecular formula is C16H28F3NO5. The van der Waals surface area contributed by atoms with E-state index < -0.39 is 35.9 Å². The lowest BCUT2D eigenvalue weighted by atomic mass is 9.73. The Morgan fingerprint density at radius 3 is 2.12 bits per heavy atom. The Labute approximate surface area is 146 Å². The molecule has 0 aliphatic carbocycles. The molecule has 0 aliphatic heterocycles. The number of amides is 1. The standard InChI is InChI=1S/C16H28F3NO5/c1-11(2)15(12(21)22,7-6-8-24-10-16(17,18)19)9-20-13(23)25-14(3,4)5/h11H,6-10H2,1-5H3,(H,20,23)(H,21,22). The number of carbonyl (C=O) groups is 2. The molecule has 1 unspecified atom stereocenters. The molecule has 0 rings (SSSR count). The van der Waals surface area contributed by atoms with Crippen molar-refractivity contribution in [2.24, 2.45) is 11.3 Å². The van der Waals surface area contributed by atoms with Gasteiger partial charge in [-0.1, -0.05) is 13.8 Å². The van der Waals surface area contributed by atoms with Gasteiger partial charge in [0.15, 0.2) is 0 Å². The highest BCUT2D eigenvalue weighted by Gasteiger charge is 2.42. The number of hydrogen-bond donors (Lipinski definition) is 2. The summed E-state index contributed by atoms with van der Waals surface area (Å²) in [5.74, 6) is -1.49. The zero-order chi connectivity index (χ0) is 19.9. The molecule has 1 amide bonds. The molecule has 0 saturated carbocycles. The summed E-state index contributed by atoms with van der Waals surface area (Å²) in [5, 5.41) is 12.1. The molecule has 0 heterocycles. The van der Waals surface area contributed by atoms with Gasteiger partial charge < -0.3 is 19.9 Å². The second-order valence-electron chi connectivity index (χ2n) is 7.24. The minimum absolute atomic E-state index is 0.0631. The van der Waals surface area contributed by atoms with Crippen LogP contribution in [0.25, 0.3) is 0 Å². The molecule has 0 radical (unpaired) electrons. The van der Waals surface area contributed by atoms with Crippen molar-refractivity contribution < 1.29 is 37.3 Å². The van der Waals surface area contributed by atoms with E-state index in [4.69, 9.17) is 4.74 Å². The number of hydrogen-bond acceptors (Lipinski definition) is 4. The first-order chi connectivity index (χ1) is 11.2. The van der Waals surface area contributed by atoms with Crippen molar-refractivity contribution in [1.82, 2.24) is 5.32 Å². The summed E-state index contributed by atoms with van der Waals surface area (Å²) in [6, 6.07) is 0. The van der Waals surface area contributed by atoms with Crippen molar-refractivity contribution in [3.8, 4) is 0 Å². The van der Waals surface area contributed by atoms with E-state index in [-0.39, 0.29) is 31.9 Å². The fraction of sp³-hybridized carbons (Fsp3) is 0.875. The molecule has 9 heteroatoms. The van der Waals surface area contributed by atoms with Crippen LogP contribution in [-0.4, -0.2) is 48.7 Å². The quantitative estimate of drug-likeness (QED) is 0.605. The molecular weight excluding hydrogens is 343 g/mol. The van der Waals surface area contributed by atoms with Crippen molar-refractivity contribution in [2.75, 3.05) is 19.8 Å². The normalized spacial score (nSPS) is 14.9. The fourth-order valence-electron chi connectivity index (χ4n) is 2.23. The van der Waals surface area contributed by atoms with E-state index in [1.165, 1.54) is 0 Å². The van der Waals surface area contributed by atoms with Crippen molar-refractivity contribution in [1.29, 1.82) is 0 Å². The van der Waals surface area contributed by atoms with Crippen LogP contribution in [0.15, 0.2) is 0 Å².